The fourth-order valence-electron chi connectivity index (χ4n) is 1.97. The van der Waals surface area contributed by atoms with Gasteiger partial charge in [-0.05, 0) is 55.3 Å². The molecule has 1 unspecified atom stereocenters. The SMILES string of the molecule is CC(Cc1ccc(Br)cc1)NC(=O)c1ccc(N)cc1. The minimum atomic E-state index is -0.0744. The summed E-state index contributed by atoms with van der Waals surface area (Å²) in [5.41, 5.74) is 8.08. The number of nitrogens with two attached hydrogens (primary N) is 1. The summed E-state index contributed by atoms with van der Waals surface area (Å²) in [6, 6.07) is 15.1. The van der Waals surface area contributed by atoms with E-state index in [9.17, 15) is 4.79 Å². The molecular weight excluding hydrogens is 316 g/mol. The van der Waals surface area contributed by atoms with Crippen LogP contribution in [0.2, 0.25) is 0 Å². The second-order valence-corrected chi connectivity index (χ2v) is 5.74. The van der Waals surface area contributed by atoms with E-state index < -0.39 is 0 Å². The first-order valence-corrected chi connectivity index (χ1v) is 7.25. The number of benzene rings is 2. The first-order valence-electron chi connectivity index (χ1n) is 6.45. The van der Waals surface area contributed by atoms with E-state index in [1.165, 1.54) is 5.56 Å². The maximum absolute atomic E-state index is 12.1. The van der Waals surface area contributed by atoms with Gasteiger partial charge in [0, 0.05) is 21.8 Å². The Kier molecular flexibility index (Phi) is 4.79. The minimum Gasteiger partial charge on any atom is -0.399 e. The highest BCUT2D eigenvalue weighted by Crippen LogP contribution is 2.12. The van der Waals surface area contributed by atoms with Gasteiger partial charge in [-0.2, -0.15) is 0 Å². The zero-order valence-corrected chi connectivity index (χ0v) is 12.9. The fraction of sp³-hybridized carbons (Fsp3) is 0.188. The number of carbonyl (C=O) groups is 1. The third kappa shape index (κ3) is 4.10. The van der Waals surface area contributed by atoms with Crippen LogP contribution in [0.5, 0.6) is 0 Å². The van der Waals surface area contributed by atoms with Crippen LogP contribution < -0.4 is 11.1 Å². The van der Waals surface area contributed by atoms with E-state index in [4.69, 9.17) is 5.73 Å². The molecule has 0 bridgehead atoms. The molecule has 0 saturated carbocycles. The van der Waals surface area contributed by atoms with Crippen LogP contribution in [0.3, 0.4) is 0 Å². The Labute approximate surface area is 127 Å². The Hall–Kier alpha value is -1.81. The van der Waals surface area contributed by atoms with Gasteiger partial charge in [0.2, 0.25) is 0 Å². The van der Waals surface area contributed by atoms with Crippen molar-refractivity contribution in [1.82, 2.24) is 5.32 Å². The number of halogens is 1. The van der Waals surface area contributed by atoms with E-state index in [0.717, 1.165) is 10.9 Å². The lowest BCUT2D eigenvalue weighted by Gasteiger charge is -2.14. The lowest BCUT2D eigenvalue weighted by molar-refractivity contribution is 0.0940. The van der Waals surface area contributed by atoms with E-state index in [-0.39, 0.29) is 11.9 Å². The van der Waals surface area contributed by atoms with Gasteiger partial charge in [0.1, 0.15) is 0 Å². The Morgan fingerprint density at radius 2 is 1.75 bits per heavy atom. The first kappa shape index (κ1) is 14.6. The minimum absolute atomic E-state index is 0.0706. The van der Waals surface area contributed by atoms with Gasteiger partial charge in [0.05, 0.1) is 0 Å². The number of anilines is 1. The lowest BCUT2D eigenvalue weighted by atomic mass is 10.1. The van der Waals surface area contributed by atoms with Crippen LogP contribution in [0.15, 0.2) is 53.0 Å². The van der Waals surface area contributed by atoms with Crippen molar-refractivity contribution in [2.45, 2.75) is 19.4 Å². The molecule has 0 aliphatic heterocycles. The third-order valence-electron chi connectivity index (χ3n) is 3.01. The van der Waals surface area contributed by atoms with Gasteiger partial charge in [-0.25, -0.2) is 0 Å². The summed E-state index contributed by atoms with van der Waals surface area (Å²) in [6.07, 6.45) is 0.800. The summed E-state index contributed by atoms with van der Waals surface area (Å²) in [4.78, 5) is 12.1. The Morgan fingerprint density at radius 3 is 2.35 bits per heavy atom. The predicted octanol–water partition coefficient (Wildman–Crippen LogP) is 3.39. The molecule has 1 amide bonds. The molecule has 2 aromatic rings. The second-order valence-electron chi connectivity index (χ2n) is 4.83. The molecule has 0 heterocycles. The van der Waals surface area contributed by atoms with Crippen molar-refractivity contribution in [3.05, 3.63) is 64.1 Å². The Morgan fingerprint density at radius 1 is 1.15 bits per heavy atom. The van der Waals surface area contributed by atoms with Crippen LogP contribution in [0, 0.1) is 0 Å². The smallest absolute Gasteiger partial charge is 0.251 e. The third-order valence-corrected chi connectivity index (χ3v) is 3.53. The average molecular weight is 333 g/mol. The molecule has 0 radical (unpaired) electrons. The zero-order chi connectivity index (χ0) is 14.5. The van der Waals surface area contributed by atoms with Crippen LogP contribution in [-0.4, -0.2) is 11.9 Å². The Balaban J connectivity index is 1.93. The maximum Gasteiger partial charge on any atom is 0.251 e. The number of hydrogen-bond acceptors (Lipinski definition) is 2. The van der Waals surface area contributed by atoms with Crippen LogP contribution in [-0.2, 0) is 6.42 Å². The van der Waals surface area contributed by atoms with Gasteiger partial charge in [0.15, 0.2) is 0 Å². The van der Waals surface area contributed by atoms with E-state index >= 15 is 0 Å². The van der Waals surface area contributed by atoms with Gasteiger partial charge in [0.25, 0.3) is 5.91 Å². The van der Waals surface area contributed by atoms with Gasteiger partial charge in [-0.15, -0.1) is 0 Å². The number of amides is 1. The van der Waals surface area contributed by atoms with Crippen molar-refractivity contribution in [3.8, 4) is 0 Å². The molecule has 2 rings (SSSR count). The zero-order valence-electron chi connectivity index (χ0n) is 11.3. The predicted molar refractivity (Wildman–Crippen MR) is 85.6 cm³/mol. The summed E-state index contributed by atoms with van der Waals surface area (Å²) in [5.74, 6) is -0.0744. The number of rotatable bonds is 4. The van der Waals surface area contributed by atoms with E-state index in [0.29, 0.717) is 11.3 Å². The molecule has 3 nitrogen and oxygen atoms in total. The van der Waals surface area contributed by atoms with Gasteiger partial charge < -0.3 is 11.1 Å². The number of nitrogens with one attached hydrogen (secondary N) is 1. The highest BCUT2D eigenvalue weighted by molar-refractivity contribution is 9.10. The average Bonchev–Trinajstić information content (AvgIpc) is 2.42. The topological polar surface area (TPSA) is 55.1 Å². The van der Waals surface area contributed by atoms with Crippen LogP contribution >= 0.6 is 15.9 Å². The van der Waals surface area contributed by atoms with Crippen molar-refractivity contribution >= 4 is 27.5 Å². The molecule has 0 fully saturated rings. The molecule has 0 spiro atoms. The largest absolute Gasteiger partial charge is 0.399 e. The highest BCUT2D eigenvalue weighted by Gasteiger charge is 2.10. The molecule has 3 N–H and O–H groups in total. The first-order chi connectivity index (χ1) is 9.54. The standard InChI is InChI=1S/C16H17BrN2O/c1-11(10-12-2-6-14(17)7-3-12)19-16(20)13-4-8-15(18)9-5-13/h2-9,11H,10,18H2,1H3,(H,19,20). The molecule has 0 aliphatic carbocycles. The number of hydrogen-bond donors (Lipinski definition) is 2. The van der Waals surface area contributed by atoms with Crippen LogP contribution in [0.4, 0.5) is 5.69 Å². The van der Waals surface area contributed by atoms with Crippen molar-refractivity contribution in [2.24, 2.45) is 0 Å². The van der Waals surface area contributed by atoms with Gasteiger partial charge in [-0.1, -0.05) is 28.1 Å². The van der Waals surface area contributed by atoms with Crippen LogP contribution in [0.25, 0.3) is 0 Å². The van der Waals surface area contributed by atoms with E-state index in [1.807, 2.05) is 19.1 Å². The molecule has 104 valence electrons. The maximum atomic E-state index is 12.1. The summed E-state index contributed by atoms with van der Waals surface area (Å²) >= 11 is 3.41. The number of nitrogen functional groups attached to an aromatic ring is 1. The lowest BCUT2D eigenvalue weighted by Crippen LogP contribution is -2.34. The van der Waals surface area contributed by atoms with Crippen LogP contribution in [0.1, 0.15) is 22.8 Å². The highest BCUT2D eigenvalue weighted by atomic mass is 79.9. The fourth-order valence-corrected chi connectivity index (χ4v) is 2.23. The Bertz CT molecular complexity index is 578. The molecule has 4 heteroatoms. The normalized spacial score (nSPS) is 11.9. The summed E-state index contributed by atoms with van der Waals surface area (Å²) in [6.45, 7) is 2.00. The van der Waals surface area contributed by atoms with Crippen molar-refractivity contribution in [3.63, 3.8) is 0 Å². The van der Waals surface area contributed by atoms with E-state index in [2.05, 4.69) is 33.4 Å². The molecule has 1 atom stereocenters. The number of carbonyl (C=O) groups excluding carboxylic acids is 1. The molecule has 20 heavy (non-hydrogen) atoms. The molecule has 0 aromatic heterocycles. The van der Waals surface area contributed by atoms with Gasteiger partial charge >= 0.3 is 0 Å². The quantitative estimate of drug-likeness (QED) is 0.843. The summed E-state index contributed by atoms with van der Waals surface area (Å²) in [5, 5.41) is 2.99. The second kappa shape index (κ2) is 6.57. The molecule has 0 saturated heterocycles. The summed E-state index contributed by atoms with van der Waals surface area (Å²) < 4.78 is 1.06. The molecule has 2 aromatic carbocycles. The van der Waals surface area contributed by atoms with Gasteiger partial charge in [-0.3, -0.25) is 4.79 Å². The monoisotopic (exact) mass is 332 g/mol. The van der Waals surface area contributed by atoms with Crippen molar-refractivity contribution in [1.29, 1.82) is 0 Å². The van der Waals surface area contributed by atoms with Crippen molar-refractivity contribution in [2.75, 3.05) is 5.73 Å². The van der Waals surface area contributed by atoms with E-state index in [1.54, 1.807) is 24.3 Å². The van der Waals surface area contributed by atoms with Crippen molar-refractivity contribution < 1.29 is 4.79 Å². The summed E-state index contributed by atoms with van der Waals surface area (Å²) in [7, 11) is 0. The molecule has 0 aliphatic rings. The molecular formula is C16H17BrN2O.